The molecule has 0 spiro atoms. The highest BCUT2D eigenvalue weighted by Gasteiger charge is 2.21. The van der Waals surface area contributed by atoms with Gasteiger partial charge in [-0.15, -0.1) is 0 Å². The number of benzene rings is 1. The van der Waals surface area contributed by atoms with Gasteiger partial charge in [-0.05, 0) is 64.9 Å². The molecular formula is C16H26N2. The summed E-state index contributed by atoms with van der Waals surface area (Å²) in [5.41, 5.74) is 2.84. The van der Waals surface area contributed by atoms with Gasteiger partial charge in [0.05, 0.1) is 0 Å². The summed E-state index contributed by atoms with van der Waals surface area (Å²) in [4.78, 5) is 2.37. The Hall–Kier alpha value is -0.860. The highest BCUT2D eigenvalue weighted by atomic mass is 15.1. The molecule has 1 saturated heterocycles. The monoisotopic (exact) mass is 246 g/mol. The first kappa shape index (κ1) is 13.6. The van der Waals surface area contributed by atoms with E-state index < -0.39 is 0 Å². The summed E-state index contributed by atoms with van der Waals surface area (Å²) < 4.78 is 0. The van der Waals surface area contributed by atoms with Crippen LogP contribution in [0.1, 0.15) is 36.4 Å². The van der Waals surface area contributed by atoms with Crippen LogP contribution in [0.5, 0.6) is 0 Å². The fourth-order valence-corrected chi connectivity index (χ4v) is 2.96. The van der Waals surface area contributed by atoms with Crippen molar-refractivity contribution >= 4 is 0 Å². The molecule has 2 nitrogen and oxygen atoms in total. The van der Waals surface area contributed by atoms with Gasteiger partial charge < -0.3 is 10.2 Å². The minimum Gasteiger partial charge on any atom is -0.317 e. The highest BCUT2D eigenvalue weighted by molar-refractivity contribution is 5.25. The van der Waals surface area contributed by atoms with E-state index in [1.807, 2.05) is 0 Å². The van der Waals surface area contributed by atoms with Crippen LogP contribution in [0.15, 0.2) is 24.3 Å². The summed E-state index contributed by atoms with van der Waals surface area (Å²) >= 11 is 0. The second kappa shape index (κ2) is 6.35. The van der Waals surface area contributed by atoms with E-state index in [4.69, 9.17) is 0 Å². The molecule has 1 unspecified atom stereocenters. The summed E-state index contributed by atoms with van der Waals surface area (Å²) in [6.07, 6.45) is 3.95. The molecular weight excluding hydrogens is 220 g/mol. The fourth-order valence-electron chi connectivity index (χ4n) is 2.96. The lowest BCUT2D eigenvalue weighted by Gasteiger charge is -2.31. The number of hydrogen-bond donors (Lipinski definition) is 1. The van der Waals surface area contributed by atoms with Crippen molar-refractivity contribution in [3.8, 4) is 0 Å². The van der Waals surface area contributed by atoms with E-state index >= 15 is 0 Å². The molecule has 0 saturated carbocycles. The van der Waals surface area contributed by atoms with Crippen LogP contribution >= 0.6 is 0 Å². The lowest BCUT2D eigenvalue weighted by molar-refractivity contribution is 0.223. The van der Waals surface area contributed by atoms with Gasteiger partial charge in [-0.2, -0.15) is 0 Å². The maximum Gasteiger partial charge on any atom is 0.0344 e. The molecule has 1 N–H and O–H groups in total. The third-order valence-electron chi connectivity index (χ3n) is 4.07. The quantitative estimate of drug-likeness (QED) is 0.878. The van der Waals surface area contributed by atoms with Crippen molar-refractivity contribution in [2.45, 2.75) is 32.2 Å². The Kier molecular flexibility index (Phi) is 4.79. The molecule has 100 valence electrons. The van der Waals surface area contributed by atoms with Gasteiger partial charge in [-0.1, -0.05) is 29.8 Å². The van der Waals surface area contributed by atoms with Crippen molar-refractivity contribution in [3.63, 3.8) is 0 Å². The van der Waals surface area contributed by atoms with E-state index in [2.05, 4.69) is 55.5 Å². The maximum absolute atomic E-state index is 3.45. The Labute approximate surface area is 111 Å². The summed E-state index contributed by atoms with van der Waals surface area (Å²) in [6.45, 7) is 4.57. The van der Waals surface area contributed by atoms with E-state index in [1.54, 1.807) is 0 Å². The fraction of sp³-hybridized carbons (Fsp3) is 0.625. The molecule has 1 aromatic rings. The number of piperidine rings is 1. The molecule has 1 atom stereocenters. The SMILES string of the molecule is Cc1cccc(C(CC2CCNCC2)N(C)C)c1. The van der Waals surface area contributed by atoms with Crippen molar-refractivity contribution < 1.29 is 0 Å². The van der Waals surface area contributed by atoms with Gasteiger partial charge in [0.2, 0.25) is 0 Å². The first-order valence-corrected chi connectivity index (χ1v) is 7.10. The number of nitrogens with zero attached hydrogens (tertiary/aromatic N) is 1. The second-order valence-corrected chi connectivity index (χ2v) is 5.82. The van der Waals surface area contributed by atoms with Crippen LogP contribution in [0.2, 0.25) is 0 Å². The largest absolute Gasteiger partial charge is 0.317 e. The first-order chi connectivity index (χ1) is 8.66. The molecule has 1 aliphatic heterocycles. The number of aryl methyl sites for hydroxylation is 1. The van der Waals surface area contributed by atoms with Crippen molar-refractivity contribution in [2.75, 3.05) is 27.2 Å². The second-order valence-electron chi connectivity index (χ2n) is 5.82. The van der Waals surface area contributed by atoms with Crippen molar-refractivity contribution in [1.29, 1.82) is 0 Å². The molecule has 2 heteroatoms. The van der Waals surface area contributed by atoms with E-state index in [1.165, 1.54) is 43.5 Å². The molecule has 1 aliphatic rings. The van der Waals surface area contributed by atoms with Gasteiger partial charge in [-0.25, -0.2) is 0 Å². The summed E-state index contributed by atoms with van der Waals surface area (Å²) in [6, 6.07) is 9.54. The molecule has 1 aromatic carbocycles. The van der Waals surface area contributed by atoms with Crippen molar-refractivity contribution in [3.05, 3.63) is 35.4 Å². The van der Waals surface area contributed by atoms with Crippen molar-refractivity contribution in [2.24, 2.45) is 5.92 Å². The first-order valence-electron chi connectivity index (χ1n) is 7.10. The van der Waals surface area contributed by atoms with E-state index in [9.17, 15) is 0 Å². The Balaban J connectivity index is 2.07. The molecule has 1 heterocycles. The number of hydrogen-bond acceptors (Lipinski definition) is 2. The summed E-state index contributed by atoms with van der Waals surface area (Å²) in [5.74, 6) is 0.874. The molecule has 2 rings (SSSR count). The summed E-state index contributed by atoms with van der Waals surface area (Å²) in [7, 11) is 4.40. The van der Waals surface area contributed by atoms with Gasteiger partial charge in [-0.3, -0.25) is 0 Å². The van der Waals surface area contributed by atoms with Crippen molar-refractivity contribution in [1.82, 2.24) is 10.2 Å². The minimum absolute atomic E-state index is 0.563. The van der Waals surface area contributed by atoms with E-state index in [0.717, 1.165) is 5.92 Å². The zero-order valence-corrected chi connectivity index (χ0v) is 11.9. The van der Waals surface area contributed by atoms with Crippen LogP contribution in [-0.4, -0.2) is 32.1 Å². The van der Waals surface area contributed by atoms with Crippen LogP contribution in [0.3, 0.4) is 0 Å². The van der Waals surface area contributed by atoms with E-state index in [0.29, 0.717) is 6.04 Å². The predicted octanol–water partition coefficient (Wildman–Crippen LogP) is 2.99. The molecule has 0 aromatic heterocycles. The van der Waals surface area contributed by atoms with Gasteiger partial charge in [0, 0.05) is 6.04 Å². The molecule has 0 aliphatic carbocycles. The molecule has 0 radical (unpaired) electrons. The Bertz CT molecular complexity index is 367. The third kappa shape index (κ3) is 3.56. The van der Waals surface area contributed by atoms with E-state index in [-0.39, 0.29) is 0 Å². The highest BCUT2D eigenvalue weighted by Crippen LogP contribution is 2.30. The Morgan fingerprint density at radius 3 is 2.61 bits per heavy atom. The topological polar surface area (TPSA) is 15.3 Å². The molecule has 0 bridgehead atoms. The van der Waals surface area contributed by atoms with Gasteiger partial charge in [0.1, 0.15) is 0 Å². The number of rotatable bonds is 4. The van der Waals surface area contributed by atoms with Gasteiger partial charge in [0.25, 0.3) is 0 Å². The zero-order valence-electron chi connectivity index (χ0n) is 11.9. The van der Waals surface area contributed by atoms with Gasteiger partial charge >= 0.3 is 0 Å². The zero-order chi connectivity index (χ0) is 13.0. The maximum atomic E-state index is 3.45. The van der Waals surface area contributed by atoms with Crippen LogP contribution in [-0.2, 0) is 0 Å². The average Bonchev–Trinajstić information content (AvgIpc) is 2.37. The third-order valence-corrected chi connectivity index (χ3v) is 4.07. The molecule has 1 fully saturated rings. The lowest BCUT2D eigenvalue weighted by atomic mass is 9.87. The minimum atomic E-state index is 0.563. The molecule has 18 heavy (non-hydrogen) atoms. The normalized spacial score (nSPS) is 19.1. The Morgan fingerprint density at radius 1 is 1.28 bits per heavy atom. The smallest absolute Gasteiger partial charge is 0.0344 e. The lowest BCUT2D eigenvalue weighted by Crippen LogP contribution is -2.31. The molecule has 0 amide bonds. The standard InChI is InChI=1S/C16H26N2/c1-13-5-4-6-15(11-13)16(18(2)3)12-14-7-9-17-10-8-14/h4-6,11,14,16-17H,7-10,12H2,1-3H3. The van der Waals surface area contributed by atoms with Crippen LogP contribution < -0.4 is 5.32 Å². The average molecular weight is 246 g/mol. The Morgan fingerprint density at radius 2 is 2.00 bits per heavy atom. The van der Waals surface area contributed by atoms with Crippen LogP contribution in [0.25, 0.3) is 0 Å². The summed E-state index contributed by atoms with van der Waals surface area (Å²) in [5, 5.41) is 3.45. The van der Waals surface area contributed by atoms with Crippen LogP contribution in [0.4, 0.5) is 0 Å². The number of nitrogens with one attached hydrogen (secondary N) is 1. The van der Waals surface area contributed by atoms with Gasteiger partial charge in [0.15, 0.2) is 0 Å². The predicted molar refractivity (Wildman–Crippen MR) is 77.8 cm³/mol. The van der Waals surface area contributed by atoms with Crippen LogP contribution in [0, 0.1) is 12.8 Å².